The standard InChI is InChI=1S/C14H14N2O4S/c1-20-10-6-8-11(9-7-10)21(18,19)16-13-5-3-2-4-12(13)14(15)17/h2-9,16H,1H3,(H2,15,17)/p-1. The van der Waals surface area contributed by atoms with E-state index in [4.69, 9.17) is 10.1 Å². The van der Waals surface area contributed by atoms with Crippen molar-refractivity contribution in [1.82, 2.24) is 0 Å². The first-order valence-electron chi connectivity index (χ1n) is 5.96. The van der Waals surface area contributed by atoms with E-state index < -0.39 is 15.9 Å². The zero-order valence-electron chi connectivity index (χ0n) is 11.2. The Morgan fingerprint density at radius 1 is 1.14 bits per heavy atom. The van der Waals surface area contributed by atoms with Crippen molar-refractivity contribution in [2.75, 3.05) is 11.8 Å². The number of rotatable bonds is 5. The lowest BCUT2D eigenvalue weighted by Gasteiger charge is -2.15. The van der Waals surface area contributed by atoms with Gasteiger partial charge in [0.25, 0.3) is 10.0 Å². The van der Waals surface area contributed by atoms with Gasteiger partial charge in [-0.1, -0.05) is 18.2 Å². The number of hydrogen-bond donors (Lipinski definition) is 2. The summed E-state index contributed by atoms with van der Waals surface area (Å²) >= 11 is 0. The SMILES string of the molecule is COc1ccc(S(=O)(=O)Nc2ccccc2C(=N)[O-])cc1. The van der Waals surface area contributed by atoms with Crippen LogP contribution in [0.15, 0.2) is 53.4 Å². The summed E-state index contributed by atoms with van der Waals surface area (Å²) in [6.45, 7) is 0. The number of anilines is 1. The zero-order valence-corrected chi connectivity index (χ0v) is 12.0. The lowest BCUT2D eigenvalue weighted by Crippen LogP contribution is -2.21. The lowest BCUT2D eigenvalue weighted by atomic mass is 10.2. The number of methoxy groups -OCH3 is 1. The molecule has 110 valence electrons. The fourth-order valence-electron chi connectivity index (χ4n) is 1.73. The summed E-state index contributed by atoms with van der Waals surface area (Å²) in [6, 6.07) is 11.8. The molecular weight excluding hydrogens is 292 g/mol. The first-order valence-corrected chi connectivity index (χ1v) is 7.44. The van der Waals surface area contributed by atoms with Gasteiger partial charge in [-0.25, -0.2) is 8.42 Å². The molecule has 0 aliphatic rings. The highest BCUT2D eigenvalue weighted by Crippen LogP contribution is 2.21. The molecule has 0 spiro atoms. The summed E-state index contributed by atoms with van der Waals surface area (Å²) in [5.41, 5.74) is 0.0721. The van der Waals surface area contributed by atoms with Gasteiger partial charge in [0, 0.05) is 5.56 Å². The van der Waals surface area contributed by atoms with Gasteiger partial charge in [0.1, 0.15) is 5.75 Å². The van der Waals surface area contributed by atoms with Gasteiger partial charge in [0.15, 0.2) is 0 Å². The van der Waals surface area contributed by atoms with Crippen LogP contribution in [0.3, 0.4) is 0 Å². The van der Waals surface area contributed by atoms with Crippen LogP contribution in [0.25, 0.3) is 0 Å². The maximum atomic E-state index is 12.3. The van der Waals surface area contributed by atoms with Crippen LogP contribution in [0, 0.1) is 5.41 Å². The number of para-hydroxylation sites is 1. The molecule has 0 bridgehead atoms. The molecular formula is C14H13N2O4S-. The molecule has 0 fully saturated rings. The largest absolute Gasteiger partial charge is 0.859 e. The molecule has 0 radical (unpaired) electrons. The van der Waals surface area contributed by atoms with Gasteiger partial charge in [0.05, 0.1) is 17.7 Å². The Bertz CT molecular complexity index is 755. The summed E-state index contributed by atoms with van der Waals surface area (Å²) in [4.78, 5) is 0.0375. The second-order valence-electron chi connectivity index (χ2n) is 4.16. The second kappa shape index (κ2) is 5.84. The molecule has 21 heavy (non-hydrogen) atoms. The number of nitrogens with one attached hydrogen (secondary N) is 2. The topological polar surface area (TPSA) is 102 Å². The fourth-order valence-corrected chi connectivity index (χ4v) is 2.81. The maximum absolute atomic E-state index is 12.3. The van der Waals surface area contributed by atoms with Crippen molar-refractivity contribution in [3.8, 4) is 5.75 Å². The van der Waals surface area contributed by atoms with Crippen LogP contribution in [0.5, 0.6) is 5.75 Å². The van der Waals surface area contributed by atoms with E-state index in [0.29, 0.717) is 5.75 Å². The van der Waals surface area contributed by atoms with E-state index in [1.165, 1.54) is 43.5 Å². The van der Waals surface area contributed by atoms with Gasteiger partial charge in [-0.2, -0.15) is 0 Å². The predicted molar refractivity (Wildman–Crippen MR) is 77.1 cm³/mol. The minimum atomic E-state index is -3.84. The average molecular weight is 305 g/mol. The van der Waals surface area contributed by atoms with Crippen LogP contribution in [-0.2, 0) is 10.0 Å². The van der Waals surface area contributed by atoms with Crippen LogP contribution in [-0.4, -0.2) is 21.4 Å². The van der Waals surface area contributed by atoms with E-state index in [1.807, 2.05) is 0 Å². The highest BCUT2D eigenvalue weighted by atomic mass is 32.2. The third-order valence-electron chi connectivity index (χ3n) is 2.79. The Hall–Kier alpha value is -2.54. The summed E-state index contributed by atoms with van der Waals surface area (Å²) in [7, 11) is -2.35. The molecule has 2 aromatic carbocycles. The molecule has 2 rings (SSSR count). The molecule has 0 aliphatic heterocycles. The monoisotopic (exact) mass is 305 g/mol. The van der Waals surface area contributed by atoms with E-state index in [-0.39, 0.29) is 16.1 Å². The Morgan fingerprint density at radius 3 is 2.33 bits per heavy atom. The highest BCUT2D eigenvalue weighted by Gasteiger charge is 2.15. The molecule has 0 saturated heterocycles. The van der Waals surface area contributed by atoms with Crippen molar-refractivity contribution in [2.24, 2.45) is 0 Å². The molecule has 7 heteroatoms. The van der Waals surface area contributed by atoms with E-state index in [1.54, 1.807) is 12.1 Å². The molecule has 0 aliphatic carbocycles. The minimum Gasteiger partial charge on any atom is -0.859 e. The van der Waals surface area contributed by atoms with Crippen molar-refractivity contribution in [2.45, 2.75) is 4.90 Å². The van der Waals surface area contributed by atoms with Crippen LogP contribution < -0.4 is 14.6 Å². The van der Waals surface area contributed by atoms with Crippen molar-refractivity contribution < 1.29 is 18.3 Å². The molecule has 0 atom stereocenters. The van der Waals surface area contributed by atoms with E-state index in [2.05, 4.69) is 4.72 Å². The number of hydrogen-bond acceptors (Lipinski definition) is 5. The molecule has 6 nitrogen and oxygen atoms in total. The van der Waals surface area contributed by atoms with Crippen molar-refractivity contribution in [1.29, 1.82) is 5.41 Å². The first-order chi connectivity index (χ1) is 9.94. The quantitative estimate of drug-likeness (QED) is 0.639. The molecule has 0 saturated carbocycles. The minimum absolute atomic E-state index is 0.00501. The second-order valence-corrected chi connectivity index (χ2v) is 5.84. The normalized spacial score (nSPS) is 10.9. The maximum Gasteiger partial charge on any atom is 0.261 e. The van der Waals surface area contributed by atoms with Gasteiger partial charge in [-0.05, 0) is 36.2 Å². The summed E-state index contributed by atoms with van der Waals surface area (Å²) in [5.74, 6) is -0.418. The van der Waals surface area contributed by atoms with Crippen molar-refractivity contribution in [3.05, 3.63) is 54.1 Å². The summed E-state index contributed by atoms with van der Waals surface area (Å²) in [5, 5.41) is 18.3. The number of ether oxygens (including phenoxy) is 1. The smallest absolute Gasteiger partial charge is 0.261 e. The van der Waals surface area contributed by atoms with Crippen LogP contribution in [0.2, 0.25) is 0 Å². The van der Waals surface area contributed by atoms with E-state index >= 15 is 0 Å². The summed E-state index contributed by atoms with van der Waals surface area (Å²) < 4.78 is 31.8. The fraction of sp³-hybridized carbons (Fsp3) is 0.0714. The number of benzene rings is 2. The molecule has 0 heterocycles. The van der Waals surface area contributed by atoms with Crippen LogP contribution >= 0.6 is 0 Å². The Balaban J connectivity index is 2.35. The molecule has 2 N–H and O–H groups in total. The Morgan fingerprint density at radius 2 is 1.76 bits per heavy atom. The van der Waals surface area contributed by atoms with Gasteiger partial charge in [0.2, 0.25) is 0 Å². The predicted octanol–water partition coefficient (Wildman–Crippen LogP) is 1.18. The van der Waals surface area contributed by atoms with Crippen molar-refractivity contribution in [3.63, 3.8) is 0 Å². The van der Waals surface area contributed by atoms with Crippen molar-refractivity contribution >= 4 is 21.6 Å². The van der Waals surface area contributed by atoms with Gasteiger partial charge in [-0.15, -0.1) is 0 Å². The third-order valence-corrected chi connectivity index (χ3v) is 4.17. The lowest BCUT2D eigenvalue weighted by molar-refractivity contribution is -0.214. The summed E-state index contributed by atoms with van der Waals surface area (Å²) in [6.07, 6.45) is 0. The molecule has 0 amide bonds. The Kier molecular flexibility index (Phi) is 4.13. The third kappa shape index (κ3) is 3.32. The van der Waals surface area contributed by atoms with Gasteiger partial charge < -0.3 is 15.3 Å². The van der Waals surface area contributed by atoms with E-state index in [9.17, 15) is 13.5 Å². The highest BCUT2D eigenvalue weighted by molar-refractivity contribution is 7.92. The van der Waals surface area contributed by atoms with Gasteiger partial charge >= 0.3 is 0 Å². The van der Waals surface area contributed by atoms with E-state index in [0.717, 1.165) is 0 Å². The molecule has 0 unspecified atom stereocenters. The van der Waals surface area contributed by atoms with Gasteiger partial charge in [-0.3, -0.25) is 4.72 Å². The average Bonchev–Trinajstić information content (AvgIpc) is 2.47. The molecule has 2 aromatic rings. The zero-order chi connectivity index (χ0) is 15.5. The van der Waals surface area contributed by atoms with Crippen LogP contribution in [0.4, 0.5) is 5.69 Å². The van der Waals surface area contributed by atoms with Crippen LogP contribution in [0.1, 0.15) is 5.56 Å². The number of sulfonamides is 1. The molecule has 0 aromatic heterocycles. The Labute approximate surface area is 122 Å². The first kappa shape index (κ1) is 14.9.